The van der Waals surface area contributed by atoms with Crippen LogP contribution in [0.15, 0.2) is 51.2 Å². The molecule has 4 rings (SSSR count). The molecule has 3 aromatic rings. The Kier molecular flexibility index (Phi) is 5.02. The van der Waals surface area contributed by atoms with Crippen LogP contribution in [0.25, 0.3) is 11.1 Å². The first-order valence-electron chi connectivity index (χ1n) is 9.62. The van der Waals surface area contributed by atoms with E-state index in [9.17, 15) is 19.6 Å². The number of para-hydroxylation sites is 2. The number of nitrogens with zero attached hydrogens (tertiary/aromatic N) is 5. The van der Waals surface area contributed by atoms with Crippen molar-refractivity contribution in [1.82, 2.24) is 9.55 Å². The van der Waals surface area contributed by atoms with Crippen molar-refractivity contribution < 1.29 is 18.7 Å². The van der Waals surface area contributed by atoms with E-state index in [4.69, 9.17) is 9.15 Å². The molecule has 2 aromatic heterocycles. The number of aryl methyl sites for hydroxylation is 2. The molecule has 1 aliphatic heterocycles. The first-order chi connectivity index (χ1) is 15.3. The molecule has 0 saturated heterocycles. The lowest BCUT2D eigenvalue weighted by atomic mass is 10.1. The maximum atomic E-state index is 12.8. The number of rotatable bonds is 4. The van der Waals surface area contributed by atoms with Crippen LogP contribution < -0.4 is 15.4 Å². The van der Waals surface area contributed by atoms with Gasteiger partial charge in [0.1, 0.15) is 40.5 Å². The van der Waals surface area contributed by atoms with Crippen LogP contribution in [0.2, 0.25) is 0 Å². The van der Waals surface area contributed by atoms with Gasteiger partial charge in [0.05, 0.1) is 11.4 Å². The lowest BCUT2D eigenvalue weighted by molar-refractivity contribution is -0.118. The Labute approximate surface area is 182 Å². The largest absolute Gasteiger partial charge is 0.454 e. The van der Waals surface area contributed by atoms with Gasteiger partial charge in [-0.25, -0.2) is 9.78 Å². The number of Topliss-reactive ketones (excluding diaryl/α,β-unsaturated/α-hetero) is 1. The summed E-state index contributed by atoms with van der Waals surface area (Å²) in [7, 11) is 4.99. The van der Waals surface area contributed by atoms with Gasteiger partial charge in [-0.3, -0.25) is 9.59 Å². The minimum absolute atomic E-state index is 0.00989. The summed E-state index contributed by atoms with van der Waals surface area (Å²) in [5.74, 6) is -1.03. The number of benzene rings is 1. The van der Waals surface area contributed by atoms with Crippen molar-refractivity contribution in [3.05, 3.63) is 63.7 Å². The number of hydrogen-bond acceptors (Lipinski definition) is 9. The molecule has 1 aliphatic rings. The van der Waals surface area contributed by atoms with Crippen molar-refractivity contribution >= 4 is 34.2 Å². The van der Waals surface area contributed by atoms with Crippen LogP contribution in [-0.2, 0) is 16.6 Å². The fourth-order valence-corrected chi connectivity index (χ4v) is 3.77. The number of aromatic nitrogens is 2. The minimum Gasteiger partial charge on any atom is -0.454 e. The van der Waals surface area contributed by atoms with E-state index in [1.807, 2.05) is 30.3 Å². The fourth-order valence-electron chi connectivity index (χ4n) is 3.77. The summed E-state index contributed by atoms with van der Waals surface area (Å²) >= 11 is 0. The highest BCUT2D eigenvalue weighted by atomic mass is 16.5. The van der Waals surface area contributed by atoms with E-state index in [1.165, 1.54) is 24.9 Å². The molecule has 32 heavy (non-hydrogen) atoms. The Morgan fingerprint density at radius 3 is 2.38 bits per heavy atom. The highest BCUT2D eigenvalue weighted by molar-refractivity contribution is 6.07. The van der Waals surface area contributed by atoms with Crippen LogP contribution in [-0.4, -0.2) is 42.0 Å². The maximum absolute atomic E-state index is 12.8. The smallest absolute Gasteiger partial charge is 0.343 e. The van der Waals surface area contributed by atoms with E-state index in [-0.39, 0.29) is 28.0 Å². The van der Waals surface area contributed by atoms with Gasteiger partial charge in [0.25, 0.3) is 5.56 Å². The molecule has 0 atom stereocenters. The maximum Gasteiger partial charge on any atom is 0.343 e. The Balaban J connectivity index is 1.61. The zero-order valence-electron chi connectivity index (χ0n) is 17.9. The second kappa shape index (κ2) is 7.70. The van der Waals surface area contributed by atoms with Crippen molar-refractivity contribution in [2.75, 3.05) is 30.5 Å². The number of furan rings is 1. The van der Waals surface area contributed by atoms with Crippen molar-refractivity contribution in [2.24, 2.45) is 7.05 Å². The van der Waals surface area contributed by atoms with E-state index in [0.717, 1.165) is 11.4 Å². The van der Waals surface area contributed by atoms with E-state index < -0.39 is 23.9 Å². The Morgan fingerprint density at radius 1 is 1.16 bits per heavy atom. The van der Waals surface area contributed by atoms with Gasteiger partial charge < -0.3 is 23.5 Å². The molecule has 0 bridgehead atoms. The predicted molar refractivity (Wildman–Crippen MR) is 115 cm³/mol. The van der Waals surface area contributed by atoms with Crippen LogP contribution >= 0.6 is 0 Å². The standard InChI is InChI=1S/C22H19N5O5/c1-12-17(18-19(32-12)24-11-25(2)21(18)29)22(30)31-10-16(28)13(9-23)20-26(3)14-7-5-6-8-15(14)27(20)4/h5-8,11H,10H2,1-4H3. The number of hydrogen-bond donors (Lipinski definition) is 0. The van der Waals surface area contributed by atoms with Gasteiger partial charge in [0.15, 0.2) is 6.61 Å². The summed E-state index contributed by atoms with van der Waals surface area (Å²) in [4.78, 5) is 45.4. The number of ether oxygens (including phenoxy) is 1. The molecule has 162 valence electrons. The molecule has 0 aliphatic carbocycles. The van der Waals surface area contributed by atoms with Gasteiger partial charge >= 0.3 is 5.97 Å². The zero-order valence-corrected chi connectivity index (χ0v) is 17.9. The third-order valence-corrected chi connectivity index (χ3v) is 5.34. The number of fused-ring (bicyclic) bond motifs is 2. The average Bonchev–Trinajstić information content (AvgIpc) is 3.25. The van der Waals surface area contributed by atoms with Crippen LogP contribution in [0, 0.1) is 18.3 Å². The van der Waals surface area contributed by atoms with Gasteiger partial charge in [-0.2, -0.15) is 5.26 Å². The van der Waals surface area contributed by atoms with Crippen LogP contribution in [0.5, 0.6) is 0 Å². The SMILES string of the molecule is Cc1oc2ncn(C)c(=O)c2c1C(=O)OCC(=O)C(C#N)=C1N(C)c2ccccc2N1C. The first kappa shape index (κ1) is 20.9. The van der Waals surface area contributed by atoms with Gasteiger partial charge in [-0.05, 0) is 19.1 Å². The quantitative estimate of drug-likeness (QED) is 0.345. The highest BCUT2D eigenvalue weighted by Gasteiger charge is 2.32. The molecule has 0 spiro atoms. The number of nitriles is 1. The molecule has 0 radical (unpaired) electrons. The average molecular weight is 433 g/mol. The molecule has 1 aromatic carbocycles. The van der Waals surface area contributed by atoms with Crippen LogP contribution in [0.1, 0.15) is 16.1 Å². The summed E-state index contributed by atoms with van der Waals surface area (Å²) in [6.07, 6.45) is 1.28. The molecule has 0 fully saturated rings. The van der Waals surface area contributed by atoms with Gasteiger partial charge in [0.2, 0.25) is 11.5 Å². The number of esters is 1. The number of ketones is 1. The van der Waals surface area contributed by atoms with Gasteiger partial charge in [-0.1, -0.05) is 12.1 Å². The topological polar surface area (TPSA) is 122 Å². The summed E-state index contributed by atoms with van der Waals surface area (Å²) in [6, 6.07) is 9.40. The first-order valence-corrected chi connectivity index (χ1v) is 9.62. The van der Waals surface area contributed by atoms with E-state index >= 15 is 0 Å². The van der Waals surface area contributed by atoms with Crippen molar-refractivity contribution in [3.8, 4) is 6.07 Å². The summed E-state index contributed by atoms with van der Waals surface area (Å²) in [6.45, 7) is 0.831. The molecule has 0 saturated carbocycles. The molecule has 3 heterocycles. The Bertz CT molecular complexity index is 1380. The Morgan fingerprint density at radius 2 is 1.78 bits per heavy atom. The third kappa shape index (κ3) is 3.11. The minimum atomic E-state index is -0.904. The monoisotopic (exact) mass is 433 g/mol. The summed E-state index contributed by atoms with van der Waals surface area (Å²) in [5, 5.41) is 9.66. The lowest BCUT2D eigenvalue weighted by Gasteiger charge is -2.19. The molecule has 0 unspecified atom stereocenters. The molecule has 10 nitrogen and oxygen atoms in total. The van der Waals surface area contributed by atoms with E-state index in [0.29, 0.717) is 5.82 Å². The summed E-state index contributed by atoms with van der Waals surface area (Å²) in [5.41, 5.74) is 0.978. The van der Waals surface area contributed by atoms with Crippen LogP contribution in [0.4, 0.5) is 11.4 Å². The highest BCUT2D eigenvalue weighted by Crippen LogP contribution is 2.40. The fraction of sp³-hybridized carbons (Fsp3) is 0.227. The number of carbonyl (C=O) groups is 2. The van der Waals surface area contributed by atoms with Crippen molar-refractivity contribution in [3.63, 3.8) is 0 Å². The Hall–Kier alpha value is -4.39. The molecular weight excluding hydrogens is 414 g/mol. The molecule has 10 heteroatoms. The normalized spacial score (nSPS) is 12.7. The van der Waals surface area contributed by atoms with Crippen molar-refractivity contribution in [1.29, 1.82) is 5.26 Å². The van der Waals surface area contributed by atoms with Crippen molar-refractivity contribution in [2.45, 2.75) is 6.92 Å². The van der Waals surface area contributed by atoms with E-state index in [1.54, 1.807) is 23.9 Å². The third-order valence-electron chi connectivity index (χ3n) is 5.34. The molecule has 0 amide bonds. The lowest BCUT2D eigenvalue weighted by Crippen LogP contribution is -2.28. The second-order valence-corrected chi connectivity index (χ2v) is 7.29. The summed E-state index contributed by atoms with van der Waals surface area (Å²) < 4.78 is 11.8. The van der Waals surface area contributed by atoms with E-state index in [2.05, 4.69) is 4.98 Å². The number of carbonyl (C=O) groups excluding carboxylic acids is 2. The molecule has 0 N–H and O–H groups in total. The van der Waals surface area contributed by atoms with Gasteiger partial charge in [0, 0.05) is 21.1 Å². The van der Waals surface area contributed by atoms with Crippen LogP contribution in [0.3, 0.4) is 0 Å². The zero-order chi connectivity index (χ0) is 23.2. The second-order valence-electron chi connectivity index (χ2n) is 7.29. The van der Waals surface area contributed by atoms with Gasteiger partial charge in [-0.15, -0.1) is 0 Å². The number of anilines is 2. The predicted octanol–water partition coefficient (Wildman–Crippen LogP) is 1.88. The molecular formula is C22H19N5O5.